The fraction of sp³-hybridized carbons (Fsp3) is 0.0870. The summed E-state index contributed by atoms with van der Waals surface area (Å²) in [5, 5.41) is 4.28. The fourth-order valence-electron chi connectivity index (χ4n) is 3.15. The third-order valence-corrected chi connectivity index (χ3v) is 5.83. The molecule has 27 heavy (non-hydrogen) atoms. The third kappa shape index (κ3) is 3.81. The highest BCUT2D eigenvalue weighted by atomic mass is 32.2. The lowest BCUT2D eigenvalue weighted by Gasteiger charge is -2.11. The van der Waals surface area contributed by atoms with Crippen LogP contribution in [0.1, 0.15) is 27.6 Å². The van der Waals surface area contributed by atoms with Crippen LogP contribution in [0.15, 0.2) is 95.5 Å². The van der Waals surface area contributed by atoms with E-state index in [1.165, 1.54) is 6.07 Å². The molecule has 2 nitrogen and oxygen atoms in total. The predicted octanol–water partition coefficient (Wildman–Crippen LogP) is 6.21. The number of benzene rings is 3. The van der Waals surface area contributed by atoms with Gasteiger partial charge in [-0.15, -0.1) is 0 Å². The van der Waals surface area contributed by atoms with Gasteiger partial charge in [-0.1, -0.05) is 72.4 Å². The highest BCUT2D eigenvalue weighted by Gasteiger charge is 2.31. The lowest BCUT2D eigenvalue weighted by atomic mass is 9.97. The van der Waals surface area contributed by atoms with Crippen molar-refractivity contribution in [3.8, 4) is 0 Å². The summed E-state index contributed by atoms with van der Waals surface area (Å²) in [6, 6.07) is 26.0. The van der Waals surface area contributed by atoms with E-state index in [2.05, 4.69) is 17.4 Å². The van der Waals surface area contributed by atoms with E-state index in [0.717, 1.165) is 16.3 Å². The average molecular weight is 375 g/mol. The molecule has 134 valence electrons. The van der Waals surface area contributed by atoms with Crippen LogP contribution in [0.25, 0.3) is 0 Å². The number of rotatable bonds is 5. The zero-order chi connectivity index (χ0) is 18.6. The molecule has 1 aliphatic heterocycles. The lowest BCUT2D eigenvalue weighted by Crippen LogP contribution is -2.09. The van der Waals surface area contributed by atoms with Crippen molar-refractivity contribution in [2.75, 3.05) is 5.32 Å². The second-order valence-corrected chi connectivity index (χ2v) is 7.54. The molecule has 1 unspecified atom stereocenters. The predicted molar refractivity (Wildman–Crippen MR) is 109 cm³/mol. The van der Waals surface area contributed by atoms with Crippen LogP contribution in [-0.4, -0.2) is 5.78 Å². The standard InChI is InChI=1S/C23H18FNOS/c24-20-14-8-7-13-18(20)22(26)19-15-21(16-9-3-1-4-10-16)27-23(19)25-17-11-5-2-6-12-17/h1-14,21,25H,15H2. The zero-order valence-electron chi connectivity index (χ0n) is 14.6. The molecule has 1 atom stereocenters. The van der Waals surface area contributed by atoms with Gasteiger partial charge in [0.05, 0.1) is 10.6 Å². The van der Waals surface area contributed by atoms with Crippen molar-refractivity contribution >= 4 is 23.2 Å². The van der Waals surface area contributed by atoms with Crippen LogP contribution in [0.2, 0.25) is 0 Å². The number of hydrogen-bond acceptors (Lipinski definition) is 3. The third-order valence-electron chi connectivity index (χ3n) is 4.52. The number of ketones is 1. The number of hydrogen-bond donors (Lipinski definition) is 1. The Balaban J connectivity index is 1.69. The fourth-order valence-corrected chi connectivity index (χ4v) is 4.47. The molecule has 0 bridgehead atoms. The van der Waals surface area contributed by atoms with E-state index in [4.69, 9.17) is 0 Å². The van der Waals surface area contributed by atoms with Gasteiger partial charge in [-0.2, -0.15) is 0 Å². The van der Waals surface area contributed by atoms with Crippen molar-refractivity contribution in [3.05, 3.63) is 112 Å². The SMILES string of the molecule is O=C(C1=C(Nc2ccccc2)SC(c2ccccc2)C1)c1ccccc1F. The van der Waals surface area contributed by atoms with Gasteiger partial charge in [-0.05, 0) is 36.2 Å². The number of nitrogens with one attached hydrogen (secondary N) is 1. The van der Waals surface area contributed by atoms with Crippen molar-refractivity contribution in [2.45, 2.75) is 11.7 Å². The number of carbonyl (C=O) groups is 1. The maximum Gasteiger partial charge on any atom is 0.194 e. The number of allylic oxidation sites excluding steroid dienone is 1. The van der Waals surface area contributed by atoms with E-state index in [0.29, 0.717) is 12.0 Å². The molecule has 4 rings (SSSR count). The molecule has 0 spiro atoms. The molecule has 1 aliphatic rings. The van der Waals surface area contributed by atoms with E-state index < -0.39 is 5.82 Å². The van der Waals surface area contributed by atoms with Gasteiger partial charge in [0.25, 0.3) is 0 Å². The van der Waals surface area contributed by atoms with Crippen molar-refractivity contribution in [2.24, 2.45) is 0 Å². The van der Waals surface area contributed by atoms with E-state index in [1.807, 2.05) is 48.5 Å². The molecule has 0 amide bonds. The molecule has 0 saturated heterocycles. The summed E-state index contributed by atoms with van der Waals surface area (Å²) in [6.45, 7) is 0. The zero-order valence-corrected chi connectivity index (χ0v) is 15.4. The van der Waals surface area contributed by atoms with Crippen LogP contribution in [0.3, 0.4) is 0 Å². The Morgan fingerprint density at radius 2 is 1.52 bits per heavy atom. The average Bonchev–Trinajstić information content (AvgIpc) is 3.13. The molecule has 0 saturated carbocycles. The largest absolute Gasteiger partial charge is 0.350 e. The van der Waals surface area contributed by atoms with Gasteiger partial charge in [-0.3, -0.25) is 4.79 Å². The minimum absolute atomic E-state index is 0.120. The molecule has 3 aromatic rings. The normalized spacial score (nSPS) is 16.4. The molecule has 3 aromatic carbocycles. The van der Waals surface area contributed by atoms with Crippen molar-refractivity contribution in [1.29, 1.82) is 0 Å². The number of para-hydroxylation sites is 1. The second-order valence-electron chi connectivity index (χ2n) is 6.33. The minimum atomic E-state index is -0.484. The molecule has 0 radical (unpaired) electrons. The van der Waals surface area contributed by atoms with Crippen molar-refractivity contribution in [3.63, 3.8) is 0 Å². The van der Waals surface area contributed by atoms with Crippen LogP contribution < -0.4 is 5.32 Å². The maximum atomic E-state index is 14.2. The number of thioether (sulfide) groups is 1. The van der Waals surface area contributed by atoms with E-state index in [1.54, 1.807) is 30.0 Å². The van der Waals surface area contributed by atoms with Crippen LogP contribution in [0, 0.1) is 5.82 Å². The smallest absolute Gasteiger partial charge is 0.194 e. The first-order valence-corrected chi connectivity index (χ1v) is 9.66. The molecule has 0 aliphatic carbocycles. The van der Waals surface area contributed by atoms with Crippen molar-refractivity contribution in [1.82, 2.24) is 0 Å². The van der Waals surface area contributed by atoms with Crippen LogP contribution in [0.4, 0.5) is 10.1 Å². The summed E-state index contributed by atoms with van der Waals surface area (Å²) >= 11 is 1.62. The Hall–Kier alpha value is -2.85. The van der Waals surface area contributed by atoms with Crippen LogP contribution in [-0.2, 0) is 0 Å². The number of halogens is 1. The highest BCUT2D eigenvalue weighted by molar-refractivity contribution is 8.03. The van der Waals surface area contributed by atoms with Gasteiger partial charge >= 0.3 is 0 Å². The number of carbonyl (C=O) groups excluding carboxylic acids is 1. The molecule has 4 heteroatoms. The number of Topliss-reactive ketones (excluding diaryl/α,β-unsaturated/α-hetero) is 1. The Kier molecular flexibility index (Phi) is 5.07. The summed E-state index contributed by atoms with van der Waals surface area (Å²) in [4.78, 5) is 13.1. The summed E-state index contributed by atoms with van der Waals surface area (Å²) in [7, 11) is 0. The van der Waals surface area contributed by atoms with E-state index >= 15 is 0 Å². The Morgan fingerprint density at radius 3 is 2.22 bits per heavy atom. The maximum absolute atomic E-state index is 14.2. The summed E-state index contributed by atoms with van der Waals surface area (Å²) in [5.74, 6) is -0.736. The van der Waals surface area contributed by atoms with Gasteiger partial charge in [0.15, 0.2) is 5.78 Å². The number of anilines is 1. The summed E-state index contributed by atoms with van der Waals surface area (Å²) < 4.78 is 14.2. The van der Waals surface area contributed by atoms with Gasteiger partial charge in [0.2, 0.25) is 0 Å². The molecular formula is C23H18FNOS. The Bertz CT molecular complexity index is 986. The topological polar surface area (TPSA) is 29.1 Å². The molecule has 1 N–H and O–H groups in total. The van der Waals surface area contributed by atoms with E-state index in [-0.39, 0.29) is 16.6 Å². The van der Waals surface area contributed by atoms with Crippen LogP contribution >= 0.6 is 11.8 Å². The minimum Gasteiger partial charge on any atom is -0.350 e. The second kappa shape index (κ2) is 7.80. The summed E-state index contributed by atoms with van der Waals surface area (Å²) in [5.41, 5.74) is 2.82. The molecule has 0 aromatic heterocycles. The quantitative estimate of drug-likeness (QED) is 0.538. The van der Waals surface area contributed by atoms with Crippen LogP contribution in [0.5, 0.6) is 0 Å². The Morgan fingerprint density at radius 1 is 0.889 bits per heavy atom. The summed E-state index contributed by atoms with van der Waals surface area (Å²) in [6.07, 6.45) is 0.566. The first kappa shape index (κ1) is 17.6. The monoisotopic (exact) mass is 375 g/mol. The van der Waals surface area contributed by atoms with E-state index in [9.17, 15) is 9.18 Å². The lowest BCUT2D eigenvalue weighted by molar-refractivity contribution is 0.102. The Labute approximate surface area is 162 Å². The van der Waals surface area contributed by atoms with Gasteiger partial charge in [-0.25, -0.2) is 4.39 Å². The first-order valence-electron chi connectivity index (χ1n) is 8.78. The molecule has 0 fully saturated rings. The molecular weight excluding hydrogens is 357 g/mol. The van der Waals surface area contributed by atoms with Gasteiger partial charge in [0.1, 0.15) is 5.82 Å². The first-order chi connectivity index (χ1) is 13.2. The molecule has 1 heterocycles. The van der Waals surface area contributed by atoms with Gasteiger partial charge in [0, 0.05) is 16.5 Å². The highest BCUT2D eigenvalue weighted by Crippen LogP contribution is 2.48. The van der Waals surface area contributed by atoms with Crippen molar-refractivity contribution < 1.29 is 9.18 Å². The van der Waals surface area contributed by atoms with Gasteiger partial charge < -0.3 is 5.32 Å².